The fourth-order valence-electron chi connectivity index (χ4n) is 2.15. The molecule has 3 nitrogen and oxygen atoms in total. The van der Waals surface area contributed by atoms with Crippen molar-refractivity contribution >= 4 is 9.84 Å². The SMILES string of the molecule is [C-]#[N+]C(CCCCC(C)(C)C)S(=O)(=O)c1ccc(C)cc1. The number of hydrogen-bond acceptors (Lipinski definition) is 2. The van der Waals surface area contributed by atoms with Gasteiger partial charge in [0.15, 0.2) is 0 Å². The number of aryl methyl sites for hydroxylation is 1. The topological polar surface area (TPSA) is 38.5 Å². The summed E-state index contributed by atoms with van der Waals surface area (Å²) in [4.78, 5) is 3.61. The maximum atomic E-state index is 12.5. The minimum atomic E-state index is -3.54. The van der Waals surface area contributed by atoms with Crippen molar-refractivity contribution in [3.63, 3.8) is 0 Å². The van der Waals surface area contributed by atoms with Crippen molar-refractivity contribution in [2.75, 3.05) is 0 Å². The number of benzene rings is 1. The van der Waals surface area contributed by atoms with Crippen LogP contribution in [0.1, 0.15) is 52.0 Å². The Labute approximate surface area is 129 Å². The van der Waals surface area contributed by atoms with Gasteiger partial charge in [0.05, 0.1) is 4.90 Å². The van der Waals surface area contributed by atoms with E-state index in [0.29, 0.717) is 6.42 Å². The van der Waals surface area contributed by atoms with Gasteiger partial charge in [0.25, 0.3) is 9.84 Å². The van der Waals surface area contributed by atoms with Gasteiger partial charge in [0, 0.05) is 6.42 Å². The minimum Gasteiger partial charge on any atom is -0.296 e. The van der Waals surface area contributed by atoms with Crippen molar-refractivity contribution in [3.8, 4) is 0 Å². The number of rotatable bonds is 6. The summed E-state index contributed by atoms with van der Waals surface area (Å²) in [6.45, 7) is 15.6. The molecule has 0 aliphatic rings. The third-order valence-electron chi connectivity index (χ3n) is 3.48. The number of nitrogens with zero attached hydrogens (tertiary/aromatic N) is 1. The Kier molecular flexibility index (Phi) is 5.98. The van der Waals surface area contributed by atoms with E-state index < -0.39 is 15.2 Å². The van der Waals surface area contributed by atoms with Gasteiger partial charge in [0.1, 0.15) is 0 Å². The van der Waals surface area contributed by atoms with Gasteiger partial charge in [-0.1, -0.05) is 44.9 Å². The first-order valence-electron chi connectivity index (χ1n) is 7.34. The van der Waals surface area contributed by atoms with Gasteiger partial charge >= 0.3 is 5.37 Å². The molecule has 0 bridgehead atoms. The van der Waals surface area contributed by atoms with Gasteiger partial charge in [-0.05, 0) is 37.3 Å². The van der Waals surface area contributed by atoms with Crippen LogP contribution in [0.25, 0.3) is 4.85 Å². The normalized spacial score (nSPS) is 13.7. The Morgan fingerprint density at radius 2 is 1.71 bits per heavy atom. The summed E-state index contributed by atoms with van der Waals surface area (Å²) in [7, 11) is -3.54. The minimum absolute atomic E-state index is 0.253. The van der Waals surface area contributed by atoms with Crippen molar-refractivity contribution in [1.82, 2.24) is 0 Å². The van der Waals surface area contributed by atoms with Gasteiger partial charge in [-0.2, -0.15) is 0 Å². The molecular weight excluding hydrogens is 282 g/mol. The lowest BCUT2D eigenvalue weighted by Gasteiger charge is -2.17. The Bertz CT molecular complexity index is 589. The lowest BCUT2D eigenvalue weighted by atomic mass is 9.89. The molecular formula is C17H25NO2S. The Morgan fingerprint density at radius 3 is 2.19 bits per heavy atom. The highest BCUT2D eigenvalue weighted by molar-refractivity contribution is 7.92. The third-order valence-corrected chi connectivity index (χ3v) is 5.47. The van der Waals surface area contributed by atoms with Gasteiger partial charge in [-0.3, -0.25) is 4.85 Å². The molecule has 0 aliphatic heterocycles. The first-order valence-corrected chi connectivity index (χ1v) is 8.88. The molecule has 0 heterocycles. The molecule has 1 unspecified atom stereocenters. The molecule has 0 aromatic heterocycles. The first-order chi connectivity index (χ1) is 9.66. The summed E-state index contributed by atoms with van der Waals surface area (Å²) >= 11 is 0. The van der Waals surface area contributed by atoms with E-state index in [2.05, 4.69) is 25.6 Å². The second-order valence-electron chi connectivity index (χ2n) is 6.75. The maximum Gasteiger partial charge on any atom is 0.325 e. The third kappa shape index (κ3) is 5.51. The smallest absolute Gasteiger partial charge is 0.296 e. The molecule has 1 aromatic carbocycles. The van der Waals surface area contributed by atoms with Crippen molar-refractivity contribution in [2.45, 2.75) is 63.6 Å². The summed E-state index contributed by atoms with van der Waals surface area (Å²) in [6.07, 6.45) is 3.19. The first kappa shape index (κ1) is 17.7. The molecule has 21 heavy (non-hydrogen) atoms. The number of sulfone groups is 1. The molecule has 0 aliphatic carbocycles. The second kappa shape index (κ2) is 7.09. The van der Waals surface area contributed by atoms with Crippen LogP contribution in [0, 0.1) is 18.9 Å². The number of unbranched alkanes of at least 4 members (excludes halogenated alkanes) is 1. The van der Waals surface area contributed by atoms with Crippen molar-refractivity contribution in [3.05, 3.63) is 41.2 Å². The molecule has 0 saturated heterocycles. The fourth-order valence-corrected chi connectivity index (χ4v) is 3.59. The van der Waals surface area contributed by atoms with E-state index >= 15 is 0 Å². The van der Waals surface area contributed by atoms with E-state index in [1.165, 1.54) is 0 Å². The average Bonchev–Trinajstić information content (AvgIpc) is 2.37. The zero-order valence-electron chi connectivity index (χ0n) is 13.4. The molecule has 0 N–H and O–H groups in total. The van der Waals surface area contributed by atoms with Crippen LogP contribution in [0.15, 0.2) is 29.2 Å². The lowest BCUT2D eigenvalue weighted by Crippen LogP contribution is -2.18. The molecule has 1 aromatic rings. The average molecular weight is 307 g/mol. The highest BCUT2D eigenvalue weighted by Crippen LogP contribution is 2.25. The Balaban J connectivity index is 2.71. The van der Waals surface area contributed by atoms with Crippen molar-refractivity contribution < 1.29 is 8.42 Å². The van der Waals surface area contributed by atoms with Gasteiger partial charge in [-0.15, -0.1) is 0 Å². The quantitative estimate of drug-likeness (QED) is 0.568. The van der Waals surface area contributed by atoms with E-state index in [1.54, 1.807) is 24.3 Å². The molecule has 1 atom stereocenters. The summed E-state index contributed by atoms with van der Waals surface area (Å²) in [6, 6.07) is 6.73. The van der Waals surface area contributed by atoms with E-state index in [-0.39, 0.29) is 10.3 Å². The zero-order chi connectivity index (χ0) is 16.1. The molecule has 4 heteroatoms. The van der Waals surface area contributed by atoms with Crippen LogP contribution in [-0.2, 0) is 9.84 Å². The van der Waals surface area contributed by atoms with Gasteiger partial charge in [0.2, 0.25) is 0 Å². The molecule has 116 valence electrons. The van der Waals surface area contributed by atoms with E-state index in [1.807, 2.05) is 6.92 Å². The van der Waals surface area contributed by atoms with Crippen molar-refractivity contribution in [2.24, 2.45) is 5.41 Å². The summed E-state index contributed by atoms with van der Waals surface area (Å²) in [5.74, 6) is 0. The second-order valence-corrected chi connectivity index (χ2v) is 8.85. The van der Waals surface area contributed by atoms with Crippen LogP contribution in [0.2, 0.25) is 0 Å². The number of hydrogen-bond donors (Lipinski definition) is 0. The molecule has 1 rings (SSSR count). The van der Waals surface area contributed by atoms with Crippen LogP contribution in [-0.4, -0.2) is 13.8 Å². The highest BCUT2D eigenvalue weighted by Gasteiger charge is 2.32. The largest absolute Gasteiger partial charge is 0.325 e. The molecule has 0 radical (unpaired) electrons. The monoisotopic (exact) mass is 307 g/mol. The maximum absolute atomic E-state index is 12.5. The zero-order valence-corrected chi connectivity index (χ0v) is 14.2. The predicted octanol–water partition coefficient (Wildman–Crippen LogP) is 4.62. The predicted molar refractivity (Wildman–Crippen MR) is 86.7 cm³/mol. The molecule has 0 amide bonds. The van der Waals surface area contributed by atoms with Crippen LogP contribution in [0.3, 0.4) is 0 Å². The van der Waals surface area contributed by atoms with E-state index in [9.17, 15) is 8.42 Å². The van der Waals surface area contributed by atoms with E-state index in [4.69, 9.17) is 6.57 Å². The van der Waals surface area contributed by atoms with Crippen LogP contribution < -0.4 is 0 Å². The molecule has 0 saturated carbocycles. The van der Waals surface area contributed by atoms with Crippen LogP contribution in [0.5, 0.6) is 0 Å². The molecule has 0 fully saturated rings. The Morgan fingerprint density at radius 1 is 1.14 bits per heavy atom. The van der Waals surface area contributed by atoms with Gasteiger partial charge in [-0.25, -0.2) is 15.0 Å². The van der Waals surface area contributed by atoms with E-state index in [0.717, 1.165) is 24.8 Å². The Hall–Kier alpha value is -1.34. The molecule has 0 spiro atoms. The van der Waals surface area contributed by atoms with Crippen LogP contribution >= 0.6 is 0 Å². The van der Waals surface area contributed by atoms with Crippen LogP contribution in [0.4, 0.5) is 0 Å². The van der Waals surface area contributed by atoms with Gasteiger partial charge < -0.3 is 0 Å². The summed E-state index contributed by atoms with van der Waals surface area (Å²) in [5.41, 5.74) is 1.27. The highest BCUT2D eigenvalue weighted by atomic mass is 32.2. The summed E-state index contributed by atoms with van der Waals surface area (Å²) in [5, 5.41) is -0.958. The van der Waals surface area contributed by atoms with Crippen molar-refractivity contribution in [1.29, 1.82) is 0 Å². The lowest BCUT2D eigenvalue weighted by molar-refractivity contribution is 0.358. The standard InChI is InChI=1S/C17H25NO2S/c1-14-9-11-15(12-10-14)21(19,20)16(18-5)8-6-7-13-17(2,3)4/h9-12,16H,6-8,13H2,1-4H3. The fraction of sp³-hybridized carbons (Fsp3) is 0.588. The summed E-state index contributed by atoms with van der Waals surface area (Å²) < 4.78 is 24.9.